The van der Waals surface area contributed by atoms with Gasteiger partial charge in [-0.05, 0) is 17.7 Å². The Kier molecular flexibility index (Phi) is 2.97. The van der Waals surface area contributed by atoms with Crippen molar-refractivity contribution >= 4 is 11.3 Å². The lowest BCUT2D eigenvalue weighted by molar-refractivity contribution is 1.50. The predicted molar refractivity (Wildman–Crippen MR) is 46.7 cm³/mol. The van der Waals surface area contributed by atoms with Gasteiger partial charge in [-0.2, -0.15) is 11.3 Å². The van der Waals surface area contributed by atoms with Gasteiger partial charge in [0.1, 0.15) is 0 Å². The van der Waals surface area contributed by atoms with Crippen molar-refractivity contribution in [2.45, 2.75) is 6.92 Å². The van der Waals surface area contributed by atoms with E-state index in [9.17, 15) is 0 Å². The van der Waals surface area contributed by atoms with Gasteiger partial charge < -0.3 is 0 Å². The van der Waals surface area contributed by atoms with E-state index in [0.29, 0.717) is 0 Å². The van der Waals surface area contributed by atoms with Gasteiger partial charge in [-0.15, -0.1) is 0 Å². The average molecular weight is 150 g/mol. The molecule has 0 unspecified atom stereocenters. The van der Waals surface area contributed by atoms with Crippen molar-refractivity contribution in [1.82, 2.24) is 0 Å². The molecule has 1 heteroatoms. The molecule has 0 atom stereocenters. The summed E-state index contributed by atoms with van der Waals surface area (Å²) in [6, 6.07) is 10.3. The Morgan fingerprint density at radius 3 is 2.60 bits per heavy atom. The molecule has 0 bridgehead atoms. The molecule has 0 saturated carbocycles. The highest BCUT2D eigenvalue weighted by atomic mass is 32.1. The van der Waals surface area contributed by atoms with E-state index in [0.717, 1.165) is 0 Å². The van der Waals surface area contributed by atoms with Gasteiger partial charge in [0.15, 0.2) is 0 Å². The molecule has 0 N–H and O–H groups in total. The van der Waals surface area contributed by atoms with Crippen LogP contribution in [0.2, 0.25) is 0 Å². The molecule has 0 aliphatic rings. The van der Waals surface area contributed by atoms with Crippen LogP contribution in [0.5, 0.6) is 0 Å². The van der Waals surface area contributed by atoms with E-state index in [1.54, 1.807) is 11.3 Å². The maximum absolute atomic E-state index is 2.09. The minimum Gasteiger partial charge on any atom is -0.152 e. The fourth-order valence-electron chi connectivity index (χ4n) is 0.635. The molecule has 0 aromatic carbocycles. The van der Waals surface area contributed by atoms with Gasteiger partial charge in [0.2, 0.25) is 0 Å². The normalized spacial score (nSPS) is 8.50. The van der Waals surface area contributed by atoms with Crippen LogP contribution in [0.4, 0.5) is 0 Å². The molecule has 0 saturated heterocycles. The van der Waals surface area contributed by atoms with E-state index < -0.39 is 0 Å². The lowest BCUT2D eigenvalue weighted by Gasteiger charge is -1.76. The van der Waals surface area contributed by atoms with Gasteiger partial charge in [0.05, 0.1) is 0 Å². The third kappa shape index (κ3) is 2.65. The molecule has 0 fully saturated rings. The monoisotopic (exact) mass is 150 g/mol. The smallest absolute Gasteiger partial charge is 0.00936 e. The largest absolute Gasteiger partial charge is 0.152 e. The van der Waals surface area contributed by atoms with Crippen LogP contribution in [0.1, 0.15) is 5.56 Å². The standard InChI is InChI=1S/C9H10S/c1-9-5-2-3-7-10-8-4-6-9/h2-8H,1H3. The number of aryl methyl sites for hydroxylation is 1. The van der Waals surface area contributed by atoms with E-state index in [-0.39, 0.29) is 0 Å². The summed E-state index contributed by atoms with van der Waals surface area (Å²) < 4.78 is 0. The lowest BCUT2D eigenvalue weighted by Crippen LogP contribution is -1.57. The molecule has 0 aliphatic carbocycles. The first kappa shape index (κ1) is 7.29. The van der Waals surface area contributed by atoms with Gasteiger partial charge in [0.25, 0.3) is 0 Å². The van der Waals surface area contributed by atoms with Crippen molar-refractivity contribution in [3.8, 4) is 0 Å². The first-order valence-electron chi connectivity index (χ1n) is 3.22. The van der Waals surface area contributed by atoms with Crippen LogP contribution in [0.25, 0.3) is 0 Å². The maximum Gasteiger partial charge on any atom is -0.00936 e. The Bertz CT molecular complexity index is 212. The molecule has 1 heterocycles. The van der Waals surface area contributed by atoms with Crippen LogP contribution >= 0.6 is 11.3 Å². The molecule has 1 rings (SSSR count). The Morgan fingerprint density at radius 2 is 1.70 bits per heavy atom. The van der Waals surface area contributed by atoms with Gasteiger partial charge in [-0.3, -0.25) is 0 Å². The third-order valence-electron chi connectivity index (χ3n) is 1.14. The zero-order valence-corrected chi connectivity index (χ0v) is 6.77. The molecule has 0 radical (unpaired) electrons. The minimum absolute atomic E-state index is 1.28. The molecular formula is C9H10S. The van der Waals surface area contributed by atoms with Gasteiger partial charge in [-0.25, -0.2) is 0 Å². The molecule has 0 aliphatic heterocycles. The molecule has 1 aromatic heterocycles. The molecule has 10 heavy (non-hydrogen) atoms. The second-order valence-electron chi connectivity index (χ2n) is 2.06. The highest BCUT2D eigenvalue weighted by molar-refractivity contribution is 7.07. The Hall–Kier alpha value is -0.820. The van der Waals surface area contributed by atoms with Crippen LogP contribution in [0.3, 0.4) is 0 Å². The molecule has 0 spiro atoms. The summed E-state index contributed by atoms with van der Waals surface area (Å²) in [7, 11) is 0. The summed E-state index contributed by atoms with van der Waals surface area (Å²) in [5.74, 6) is 0. The second-order valence-corrected chi connectivity index (χ2v) is 2.88. The van der Waals surface area contributed by atoms with Gasteiger partial charge in [-0.1, -0.05) is 35.9 Å². The lowest BCUT2D eigenvalue weighted by atomic mass is 10.3. The average Bonchev–Trinajstić information content (AvgIpc) is 2.02. The van der Waals surface area contributed by atoms with Gasteiger partial charge in [0, 0.05) is 0 Å². The SMILES string of the molecule is Cc1ccccsccc1. The fraction of sp³-hybridized carbons (Fsp3) is 0.111. The van der Waals surface area contributed by atoms with Gasteiger partial charge >= 0.3 is 0 Å². The van der Waals surface area contributed by atoms with Crippen molar-refractivity contribution in [2.24, 2.45) is 0 Å². The summed E-state index contributed by atoms with van der Waals surface area (Å²) >= 11 is 1.69. The quantitative estimate of drug-likeness (QED) is 0.533. The maximum atomic E-state index is 2.09. The highest BCUT2D eigenvalue weighted by Crippen LogP contribution is 1.94. The summed E-state index contributed by atoms with van der Waals surface area (Å²) in [5, 5.41) is 4.12. The zero-order valence-electron chi connectivity index (χ0n) is 5.95. The second kappa shape index (κ2) is 4.07. The zero-order chi connectivity index (χ0) is 7.23. The molecular weight excluding hydrogens is 140 g/mol. The van der Waals surface area contributed by atoms with Crippen LogP contribution < -0.4 is 0 Å². The third-order valence-corrected chi connectivity index (χ3v) is 1.77. The van der Waals surface area contributed by atoms with Crippen molar-refractivity contribution in [3.63, 3.8) is 0 Å². The van der Waals surface area contributed by atoms with E-state index >= 15 is 0 Å². The summed E-state index contributed by atoms with van der Waals surface area (Å²) in [6.45, 7) is 2.09. The van der Waals surface area contributed by atoms with Crippen molar-refractivity contribution < 1.29 is 0 Å². The van der Waals surface area contributed by atoms with Crippen LogP contribution in [0, 0.1) is 6.92 Å². The van der Waals surface area contributed by atoms with Crippen LogP contribution in [0.15, 0.2) is 41.1 Å². The van der Waals surface area contributed by atoms with Crippen molar-refractivity contribution in [1.29, 1.82) is 0 Å². The predicted octanol–water partition coefficient (Wildman–Crippen LogP) is 3.18. The summed E-state index contributed by atoms with van der Waals surface area (Å²) in [4.78, 5) is 0. The van der Waals surface area contributed by atoms with Crippen LogP contribution in [-0.4, -0.2) is 0 Å². The summed E-state index contributed by atoms with van der Waals surface area (Å²) in [6.07, 6.45) is 0. The minimum atomic E-state index is 1.28. The highest BCUT2D eigenvalue weighted by Gasteiger charge is 1.70. The molecule has 1 aromatic rings. The van der Waals surface area contributed by atoms with Crippen molar-refractivity contribution in [2.75, 3.05) is 0 Å². The van der Waals surface area contributed by atoms with E-state index in [1.165, 1.54) is 5.56 Å². The Balaban J connectivity index is 3.13. The van der Waals surface area contributed by atoms with E-state index in [2.05, 4.69) is 35.9 Å². The van der Waals surface area contributed by atoms with E-state index in [1.807, 2.05) is 12.1 Å². The number of rotatable bonds is 0. The first-order chi connectivity index (χ1) is 4.89. The topological polar surface area (TPSA) is 0 Å². The Morgan fingerprint density at radius 1 is 1.00 bits per heavy atom. The molecule has 52 valence electrons. The first-order valence-corrected chi connectivity index (χ1v) is 4.16. The van der Waals surface area contributed by atoms with E-state index in [4.69, 9.17) is 0 Å². The molecule has 0 nitrogen and oxygen atoms in total. The van der Waals surface area contributed by atoms with Crippen molar-refractivity contribution in [3.05, 3.63) is 46.7 Å². The fourth-order valence-corrected chi connectivity index (χ4v) is 1.08. The Labute approximate surface area is 65.5 Å². The van der Waals surface area contributed by atoms with Crippen LogP contribution in [-0.2, 0) is 0 Å². The number of hydrogen-bond acceptors (Lipinski definition) is 1. The number of hydrogen-bond donors (Lipinski definition) is 0. The summed E-state index contributed by atoms with van der Waals surface area (Å²) in [5.41, 5.74) is 1.28. The molecule has 0 amide bonds.